The molecule has 0 aliphatic carbocycles. The highest BCUT2D eigenvalue weighted by Gasteiger charge is 2.16. The topological polar surface area (TPSA) is 68.3 Å². The van der Waals surface area contributed by atoms with Crippen LogP contribution in [-0.2, 0) is 20.7 Å². The van der Waals surface area contributed by atoms with Crippen molar-refractivity contribution < 1.29 is 14.3 Å². The molecule has 2 rings (SSSR count). The number of carbonyl (C=O) groups is 2. The zero-order chi connectivity index (χ0) is 19.6. The molecular formula is C21H26N2O3S. The predicted molar refractivity (Wildman–Crippen MR) is 110 cm³/mol. The van der Waals surface area contributed by atoms with E-state index in [9.17, 15) is 9.59 Å². The lowest BCUT2D eigenvalue weighted by atomic mass is 10.2. The number of anilines is 1. The molecule has 1 aromatic heterocycles. The summed E-state index contributed by atoms with van der Waals surface area (Å²) in [6, 6.07) is 13.5. The number of carbonyl (C=O) groups excluding carboxylic acids is 2. The van der Waals surface area contributed by atoms with Gasteiger partial charge in [0.1, 0.15) is 5.25 Å². The first-order valence-corrected chi connectivity index (χ1v) is 10.1. The van der Waals surface area contributed by atoms with E-state index in [2.05, 4.69) is 10.3 Å². The van der Waals surface area contributed by atoms with E-state index in [4.69, 9.17) is 4.74 Å². The van der Waals surface area contributed by atoms with Crippen LogP contribution in [0.2, 0.25) is 0 Å². The lowest BCUT2D eigenvalue weighted by Gasteiger charge is -2.11. The van der Waals surface area contributed by atoms with E-state index in [0.717, 1.165) is 35.5 Å². The van der Waals surface area contributed by atoms with Crippen molar-refractivity contribution in [2.75, 3.05) is 17.7 Å². The minimum atomic E-state index is -0.383. The largest absolute Gasteiger partial charge is 0.465 e. The van der Waals surface area contributed by atoms with Gasteiger partial charge in [-0.2, -0.15) is 0 Å². The molecule has 0 aliphatic heterocycles. The van der Waals surface area contributed by atoms with Gasteiger partial charge in [-0.1, -0.05) is 23.8 Å². The molecule has 0 spiro atoms. The maximum absolute atomic E-state index is 12.0. The fraction of sp³-hybridized carbons (Fsp3) is 0.381. The van der Waals surface area contributed by atoms with Crippen molar-refractivity contribution >= 4 is 29.3 Å². The van der Waals surface area contributed by atoms with Crippen molar-refractivity contribution in [1.29, 1.82) is 0 Å². The average molecular weight is 387 g/mol. The Labute approximate surface area is 164 Å². The average Bonchev–Trinajstić information content (AvgIpc) is 2.65. The molecule has 6 heteroatoms. The van der Waals surface area contributed by atoms with Crippen molar-refractivity contribution in [2.45, 2.75) is 38.9 Å². The van der Waals surface area contributed by atoms with Gasteiger partial charge in [-0.25, -0.2) is 0 Å². The molecule has 0 saturated carbocycles. The van der Waals surface area contributed by atoms with Gasteiger partial charge in [0.15, 0.2) is 0 Å². The van der Waals surface area contributed by atoms with Crippen LogP contribution < -0.4 is 5.32 Å². The Morgan fingerprint density at radius 1 is 1.15 bits per heavy atom. The number of thioether (sulfide) groups is 1. The summed E-state index contributed by atoms with van der Waals surface area (Å²) in [5.41, 5.74) is 3.88. The quantitative estimate of drug-likeness (QED) is 0.522. The second-order valence-corrected chi connectivity index (χ2v) is 7.74. The zero-order valence-corrected chi connectivity index (χ0v) is 16.8. The molecule has 1 aromatic carbocycles. The van der Waals surface area contributed by atoms with Crippen LogP contribution in [0.25, 0.3) is 0 Å². The Balaban J connectivity index is 1.63. The first kappa shape index (κ1) is 21.0. The summed E-state index contributed by atoms with van der Waals surface area (Å²) < 4.78 is 5.30. The fourth-order valence-electron chi connectivity index (χ4n) is 2.38. The highest BCUT2D eigenvalue weighted by Crippen LogP contribution is 2.14. The summed E-state index contributed by atoms with van der Waals surface area (Å²) in [7, 11) is 0. The number of nitrogens with zero attached hydrogens (tertiary/aromatic N) is 1. The molecular weight excluding hydrogens is 360 g/mol. The Morgan fingerprint density at radius 2 is 1.89 bits per heavy atom. The standard InChI is InChI=1S/C21H26N2O3S/c1-15-9-11-19(12-10-15)23-20(24)14-27-17(3)21(25)26-13-5-8-18-7-4-6-16(2)22-18/h4,6-7,9-12,17H,5,8,13-14H2,1-3H3,(H,23,24). The second kappa shape index (κ2) is 10.7. The van der Waals surface area contributed by atoms with Crippen molar-refractivity contribution in [3.05, 3.63) is 59.4 Å². The van der Waals surface area contributed by atoms with Gasteiger partial charge >= 0.3 is 5.97 Å². The Morgan fingerprint density at radius 3 is 2.59 bits per heavy atom. The lowest BCUT2D eigenvalue weighted by Crippen LogP contribution is -2.22. The molecule has 0 radical (unpaired) electrons. The Bertz CT molecular complexity index is 762. The van der Waals surface area contributed by atoms with Crippen LogP contribution >= 0.6 is 11.8 Å². The number of aromatic nitrogens is 1. The monoisotopic (exact) mass is 386 g/mol. The number of benzene rings is 1. The number of pyridine rings is 1. The molecule has 1 heterocycles. The highest BCUT2D eigenvalue weighted by molar-refractivity contribution is 8.01. The summed E-state index contributed by atoms with van der Waals surface area (Å²) in [6.07, 6.45) is 1.50. The van der Waals surface area contributed by atoms with Crippen LogP contribution in [0.1, 0.15) is 30.3 Å². The number of hydrogen-bond acceptors (Lipinski definition) is 5. The van der Waals surface area contributed by atoms with Gasteiger partial charge in [-0.15, -0.1) is 11.8 Å². The maximum Gasteiger partial charge on any atom is 0.318 e. The van der Waals surface area contributed by atoms with Gasteiger partial charge < -0.3 is 10.1 Å². The van der Waals surface area contributed by atoms with Gasteiger partial charge in [-0.05, 0) is 57.9 Å². The molecule has 0 fully saturated rings. The summed E-state index contributed by atoms with van der Waals surface area (Å²) in [5, 5.41) is 2.44. The van der Waals surface area contributed by atoms with Crippen LogP contribution in [0, 0.1) is 13.8 Å². The van der Waals surface area contributed by atoms with Crippen molar-refractivity contribution in [3.8, 4) is 0 Å². The maximum atomic E-state index is 12.0. The summed E-state index contributed by atoms with van der Waals surface area (Å²) >= 11 is 1.27. The van der Waals surface area contributed by atoms with Crippen molar-refractivity contribution in [2.24, 2.45) is 0 Å². The smallest absolute Gasteiger partial charge is 0.318 e. The number of rotatable bonds is 9. The Kier molecular flexibility index (Phi) is 8.33. The number of esters is 1. The van der Waals surface area contributed by atoms with E-state index in [1.807, 2.05) is 56.3 Å². The molecule has 0 bridgehead atoms. The molecule has 144 valence electrons. The minimum Gasteiger partial charge on any atom is -0.465 e. The van der Waals surface area contributed by atoms with Gasteiger partial charge in [-0.3, -0.25) is 14.6 Å². The van der Waals surface area contributed by atoms with E-state index in [1.54, 1.807) is 6.92 Å². The summed E-state index contributed by atoms with van der Waals surface area (Å²) in [4.78, 5) is 28.4. The van der Waals surface area contributed by atoms with Crippen LogP contribution in [0.4, 0.5) is 5.69 Å². The molecule has 1 unspecified atom stereocenters. The third-order valence-electron chi connectivity index (χ3n) is 3.90. The molecule has 2 aromatic rings. The Hall–Kier alpha value is -2.34. The normalized spacial score (nSPS) is 11.7. The third kappa shape index (κ3) is 7.83. The third-order valence-corrected chi connectivity index (χ3v) is 5.02. The van der Waals surface area contributed by atoms with Crippen LogP contribution in [-0.4, -0.2) is 34.5 Å². The molecule has 27 heavy (non-hydrogen) atoms. The van der Waals surface area contributed by atoms with Gasteiger partial charge in [0.25, 0.3) is 0 Å². The first-order valence-electron chi connectivity index (χ1n) is 9.01. The molecule has 0 aliphatic rings. The number of aryl methyl sites for hydroxylation is 3. The predicted octanol–water partition coefficient (Wildman–Crippen LogP) is 3.93. The molecule has 1 atom stereocenters. The lowest BCUT2D eigenvalue weighted by molar-refractivity contribution is -0.142. The van der Waals surface area contributed by atoms with Gasteiger partial charge in [0.05, 0.1) is 12.4 Å². The zero-order valence-electron chi connectivity index (χ0n) is 16.0. The van der Waals surface area contributed by atoms with Crippen LogP contribution in [0.15, 0.2) is 42.5 Å². The fourth-order valence-corrected chi connectivity index (χ4v) is 3.06. The van der Waals surface area contributed by atoms with Gasteiger partial charge in [0.2, 0.25) is 5.91 Å². The minimum absolute atomic E-state index is 0.131. The first-order chi connectivity index (χ1) is 12.9. The van der Waals surface area contributed by atoms with Gasteiger partial charge in [0, 0.05) is 17.1 Å². The second-order valence-electron chi connectivity index (χ2n) is 6.41. The molecule has 1 N–H and O–H groups in total. The van der Waals surface area contributed by atoms with Crippen molar-refractivity contribution in [3.63, 3.8) is 0 Å². The van der Waals surface area contributed by atoms with Crippen molar-refractivity contribution in [1.82, 2.24) is 4.98 Å². The number of hydrogen-bond donors (Lipinski definition) is 1. The van der Waals surface area contributed by atoms with Crippen LogP contribution in [0.3, 0.4) is 0 Å². The van der Waals surface area contributed by atoms with E-state index >= 15 is 0 Å². The van der Waals surface area contributed by atoms with E-state index in [0.29, 0.717) is 6.61 Å². The molecule has 0 saturated heterocycles. The summed E-state index contributed by atoms with van der Waals surface area (Å²) in [5.74, 6) is -0.216. The molecule has 1 amide bonds. The number of ether oxygens (including phenoxy) is 1. The highest BCUT2D eigenvalue weighted by atomic mass is 32.2. The molecule has 5 nitrogen and oxygen atoms in total. The van der Waals surface area contributed by atoms with E-state index in [1.165, 1.54) is 11.8 Å². The van der Waals surface area contributed by atoms with E-state index < -0.39 is 0 Å². The van der Waals surface area contributed by atoms with E-state index in [-0.39, 0.29) is 22.9 Å². The SMILES string of the molecule is Cc1ccc(NC(=O)CSC(C)C(=O)OCCCc2cccc(C)n2)cc1. The number of nitrogens with one attached hydrogen (secondary N) is 1. The van der Waals surface area contributed by atoms with Crippen LogP contribution in [0.5, 0.6) is 0 Å². The number of amides is 1. The summed E-state index contributed by atoms with van der Waals surface area (Å²) in [6.45, 7) is 6.06.